The fraction of sp³-hybridized carbons (Fsp3) is 0.200. The summed E-state index contributed by atoms with van der Waals surface area (Å²) in [6.07, 6.45) is 0. The van der Waals surface area contributed by atoms with E-state index in [1.54, 1.807) is 38.5 Å². The van der Waals surface area contributed by atoms with Gasteiger partial charge in [0.05, 0.1) is 28.5 Å². The summed E-state index contributed by atoms with van der Waals surface area (Å²) < 4.78 is 25.1. The first-order valence-electron chi connectivity index (χ1n) is 5.98. The van der Waals surface area contributed by atoms with Gasteiger partial charge < -0.3 is 9.47 Å². The summed E-state index contributed by atoms with van der Waals surface area (Å²) in [7, 11) is 3.15. The third kappa shape index (κ3) is 3.52. The Labute approximate surface area is 144 Å². The van der Waals surface area contributed by atoms with Crippen molar-refractivity contribution in [2.75, 3.05) is 14.2 Å². The van der Waals surface area contributed by atoms with Crippen LogP contribution in [0, 0.1) is 5.82 Å². The number of ether oxygens (including phenoxy) is 2. The van der Waals surface area contributed by atoms with E-state index in [-0.39, 0.29) is 5.82 Å². The molecule has 0 aliphatic rings. The van der Waals surface area contributed by atoms with Crippen LogP contribution < -0.4 is 9.47 Å². The molecule has 21 heavy (non-hydrogen) atoms. The van der Waals surface area contributed by atoms with Crippen molar-refractivity contribution in [1.29, 1.82) is 0 Å². The summed E-state index contributed by atoms with van der Waals surface area (Å²) in [5.74, 6) is 0.948. The minimum Gasteiger partial charge on any atom is -0.496 e. The van der Waals surface area contributed by atoms with Crippen LogP contribution in [0.25, 0.3) is 0 Å². The van der Waals surface area contributed by atoms with Gasteiger partial charge in [-0.3, -0.25) is 0 Å². The van der Waals surface area contributed by atoms with Crippen molar-refractivity contribution in [3.8, 4) is 11.5 Å². The summed E-state index contributed by atoms with van der Waals surface area (Å²) in [4.78, 5) is 0. The molecule has 0 heterocycles. The van der Waals surface area contributed by atoms with Gasteiger partial charge in [0.1, 0.15) is 17.3 Å². The van der Waals surface area contributed by atoms with Crippen molar-refractivity contribution < 1.29 is 13.9 Å². The highest BCUT2D eigenvalue weighted by Crippen LogP contribution is 2.41. The van der Waals surface area contributed by atoms with E-state index in [1.165, 1.54) is 6.07 Å². The molecule has 112 valence electrons. The molecule has 2 aromatic rings. The maximum Gasteiger partial charge on any atom is 0.137 e. The second-order valence-electron chi connectivity index (χ2n) is 4.26. The van der Waals surface area contributed by atoms with E-state index in [0.29, 0.717) is 16.0 Å². The molecule has 1 atom stereocenters. The summed E-state index contributed by atoms with van der Waals surface area (Å²) in [6.45, 7) is 0. The van der Waals surface area contributed by atoms with Crippen LogP contribution in [0.2, 0.25) is 0 Å². The fourth-order valence-electron chi connectivity index (χ4n) is 1.93. The zero-order valence-corrected chi connectivity index (χ0v) is 15.2. The van der Waals surface area contributed by atoms with E-state index < -0.39 is 5.38 Å². The van der Waals surface area contributed by atoms with E-state index in [2.05, 4.69) is 31.9 Å². The molecule has 2 rings (SSSR count). The third-order valence-corrected chi connectivity index (χ3v) is 4.73. The Balaban J connectivity index is 2.50. The molecule has 0 saturated heterocycles. The molecule has 0 radical (unpaired) electrons. The van der Waals surface area contributed by atoms with Gasteiger partial charge in [0.25, 0.3) is 0 Å². The van der Waals surface area contributed by atoms with Crippen LogP contribution in [-0.4, -0.2) is 14.2 Å². The minimum absolute atomic E-state index is 0.331. The number of hydrogen-bond donors (Lipinski definition) is 0. The number of benzene rings is 2. The monoisotopic (exact) mass is 436 g/mol. The average Bonchev–Trinajstić information content (AvgIpc) is 2.49. The van der Waals surface area contributed by atoms with E-state index in [4.69, 9.17) is 21.1 Å². The Morgan fingerprint density at radius 2 is 1.67 bits per heavy atom. The lowest BCUT2D eigenvalue weighted by Crippen LogP contribution is -2.00. The fourth-order valence-corrected chi connectivity index (χ4v) is 3.12. The van der Waals surface area contributed by atoms with E-state index in [0.717, 1.165) is 15.6 Å². The minimum atomic E-state index is -0.487. The number of alkyl halides is 1. The predicted octanol–water partition coefficient (Wildman–Crippen LogP) is 5.70. The molecule has 0 aromatic heterocycles. The number of rotatable bonds is 4. The van der Waals surface area contributed by atoms with Crippen molar-refractivity contribution in [3.05, 3.63) is 56.2 Å². The number of halogens is 4. The molecule has 0 bridgehead atoms. The molecule has 1 unspecified atom stereocenters. The van der Waals surface area contributed by atoms with Gasteiger partial charge in [-0.05, 0) is 61.7 Å². The summed E-state index contributed by atoms with van der Waals surface area (Å²) in [6, 6.07) is 8.27. The zero-order chi connectivity index (χ0) is 15.6. The highest BCUT2D eigenvalue weighted by atomic mass is 79.9. The molecule has 0 saturated carbocycles. The lowest BCUT2D eigenvalue weighted by Gasteiger charge is -2.17. The number of methoxy groups -OCH3 is 2. The average molecular weight is 439 g/mol. The Kier molecular flexibility index (Phi) is 5.52. The third-order valence-electron chi connectivity index (χ3n) is 3.01. The Morgan fingerprint density at radius 3 is 2.24 bits per heavy atom. The largest absolute Gasteiger partial charge is 0.496 e. The van der Waals surface area contributed by atoms with E-state index >= 15 is 0 Å². The second kappa shape index (κ2) is 6.99. The molecule has 2 nitrogen and oxygen atoms in total. The van der Waals surface area contributed by atoms with Gasteiger partial charge in [-0.2, -0.15) is 0 Å². The first-order chi connectivity index (χ1) is 9.97. The second-order valence-corrected chi connectivity index (χ2v) is 6.41. The zero-order valence-electron chi connectivity index (χ0n) is 11.3. The molecule has 0 amide bonds. The van der Waals surface area contributed by atoms with Crippen LogP contribution >= 0.6 is 43.5 Å². The maximum absolute atomic E-state index is 13.3. The lowest BCUT2D eigenvalue weighted by atomic mass is 10.0. The van der Waals surface area contributed by atoms with E-state index in [9.17, 15) is 4.39 Å². The lowest BCUT2D eigenvalue weighted by molar-refractivity contribution is 0.397. The first kappa shape index (κ1) is 16.6. The molecule has 0 spiro atoms. The molecule has 0 fully saturated rings. The SMILES string of the molecule is COc1cc(C(Cl)c2ccc(F)c(Br)c2)c(OC)cc1Br. The van der Waals surface area contributed by atoms with Crippen LogP contribution in [0.3, 0.4) is 0 Å². The van der Waals surface area contributed by atoms with Gasteiger partial charge in [0.2, 0.25) is 0 Å². The highest BCUT2D eigenvalue weighted by Gasteiger charge is 2.19. The topological polar surface area (TPSA) is 18.5 Å². The van der Waals surface area contributed by atoms with Crippen LogP contribution in [0.4, 0.5) is 4.39 Å². The maximum atomic E-state index is 13.3. The predicted molar refractivity (Wildman–Crippen MR) is 89.0 cm³/mol. The van der Waals surface area contributed by atoms with Gasteiger partial charge in [-0.15, -0.1) is 11.6 Å². The standard InChI is InChI=1S/C15H12Br2ClFO2/c1-20-13-7-11(17)14(21-2)6-9(13)15(18)8-3-4-12(19)10(16)5-8/h3-7,15H,1-2H3. The quantitative estimate of drug-likeness (QED) is 0.571. The molecular weight excluding hydrogens is 426 g/mol. The molecular formula is C15H12Br2ClFO2. The van der Waals surface area contributed by atoms with Crippen molar-refractivity contribution in [1.82, 2.24) is 0 Å². The van der Waals surface area contributed by atoms with Crippen molar-refractivity contribution in [3.63, 3.8) is 0 Å². The Morgan fingerprint density at radius 1 is 1.00 bits per heavy atom. The molecule has 0 N–H and O–H groups in total. The van der Waals surface area contributed by atoms with Gasteiger partial charge in [0, 0.05) is 5.56 Å². The summed E-state index contributed by atoms with van der Waals surface area (Å²) >= 11 is 13.1. The van der Waals surface area contributed by atoms with Crippen LogP contribution in [0.1, 0.15) is 16.5 Å². The normalized spacial score (nSPS) is 12.1. The van der Waals surface area contributed by atoms with Crippen molar-refractivity contribution in [2.45, 2.75) is 5.38 Å². The van der Waals surface area contributed by atoms with Gasteiger partial charge >= 0.3 is 0 Å². The molecule has 0 aliphatic carbocycles. The Bertz CT molecular complexity index is 664. The highest BCUT2D eigenvalue weighted by molar-refractivity contribution is 9.10. The summed E-state index contributed by atoms with van der Waals surface area (Å²) in [5.41, 5.74) is 1.50. The van der Waals surface area contributed by atoms with Crippen LogP contribution in [-0.2, 0) is 0 Å². The first-order valence-corrected chi connectivity index (χ1v) is 8.00. The number of hydrogen-bond acceptors (Lipinski definition) is 2. The van der Waals surface area contributed by atoms with Crippen molar-refractivity contribution >= 4 is 43.5 Å². The molecule has 2 aromatic carbocycles. The molecule has 0 aliphatic heterocycles. The smallest absolute Gasteiger partial charge is 0.137 e. The van der Waals surface area contributed by atoms with Crippen molar-refractivity contribution in [2.24, 2.45) is 0 Å². The summed E-state index contributed by atoms with van der Waals surface area (Å²) in [5, 5.41) is -0.487. The van der Waals surface area contributed by atoms with Crippen LogP contribution in [0.15, 0.2) is 39.3 Å². The molecule has 6 heteroatoms. The van der Waals surface area contributed by atoms with Gasteiger partial charge in [-0.1, -0.05) is 6.07 Å². The van der Waals surface area contributed by atoms with Crippen LogP contribution in [0.5, 0.6) is 11.5 Å². The van der Waals surface area contributed by atoms with Gasteiger partial charge in [-0.25, -0.2) is 4.39 Å². The Hall–Kier alpha value is -0.780. The van der Waals surface area contributed by atoms with Gasteiger partial charge in [0.15, 0.2) is 0 Å². The van der Waals surface area contributed by atoms with E-state index in [1.807, 2.05) is 0 Å².